The van der Waals surface area contributed by atoms with Crippen molar-refractivity contribution >= 4 is 17.5 Å². The Morgan fingerprint density at radius 2 is 2.38 bits per heavy atom. The van der Waals surface area contributed by atoms with Gasteiger partial charge < -0.3 is 4.57 Å². The van der Waals surface area contributed by atoms with Crippen LogP contribution in [0.4, 0.5) is 0 Å². The second-order valence-corrected chi connectivity index (χ2v) is 4.28. The largest absolute Gasteiger partial charge is 0.353 e. The Hall–Kier alpha value is -0.700. The highest BCUT2D eigenvalue weighted by molar-refractivity contribution is 7.99. The molecule has 1 aromatic heterocycles. The molecule has 2 nitrogen and oxygen atoms in total. The topological polar surface area (TPSA) is 22.0 Å². The molecule has 0 unspecified atom stereocenters. The van der Waals surface area contributed by atoms with Crippen molar-refractivity contribution in [3.8, 4) is 0 Å². The highest BCUT2D eigenvalue weighted by Crippen LogP contribution is 2.05. The molecule has 0 bridgehead atoms. The fourth-order valence-electron chi connectivity index (χ4n) is 1.10. The summed E-state index contributed by atoms with van der Waals surface area (Å²) in [7, 11) is 0. The predicted octanol–water partition coefficient (Wildman–Crippen LogP) is 2.44. The number of hydrogen-bond donors (Lipinski definition) is 0. The summed E-state index contributed by atoms with van der Waals surface area (Å²) in [4.78, 5) is 11.0. The molecule has 0 radical (unpaired) electrons. The van der Waals surface area contributed by atoms with Crippen LogP contribution in [0.2, 0.25) is 0 Å². The average molecular weight is 197 g/mol. The lowest BCUT2D eigenvalue weighted by molar-refractivity contribution is 0.101. The van der Waals surface area contributed by atoms with Crippen LogP contribution in [0.3, 0.4) is 0 Å². The quantitative estimate of drug-likeness (QED) is 0.534. The number of carbonyl (C=O) groups is 1. The predicted molar refractivity (Wildman–Crippen MR) is 57.4 cm³/mol. The molecule has 0 fully saturated rings. The molecule has 0 atom stereocenters. The molecule has 1 aromatic rings. The van der Waals surface area contributed by atoms with Crippen molar-refractivity contribution in [3.63, 3.8) is 0 Å². The molecule has 0 amide bonds. The van der Waals surface area contributed by atoms with E-state index in [1.807, 2.05) is 30.2 Å². The summed E-state index contributed by atoms with van der Waals surface area (Å²) in [6.07, 6.45) is 3.88. The second kappa shape index (κ2) is 5.12. The van der Waals surface area contributed by atoms with Gasteiger partial charge in [0.25, 0.3) is 0 Å². The van der Waals surface area contributed by atoms with E-state index >= 15 is 0 Å². The van der Waals surface area contributed by atoms with Gasteiger partial charge >= 0.3 is 0 Å². The van der Waals surface area contributed by atoms with Gasteiger partial charge in [0, 0.05) is 30.3 Å². The molecular formula is C10H15NOS. The van der Waals surface area contributed by atoms with E-state index in [4.69, 9.17) is 0 Å². The van der Waals surface area contributed by atoms with Crippen LogP contribution in [-0.2, 0) is 6.54 Å². The molecule has 1 rings (SSSR count). The van der Waals surface area contributed by atoms with Gasteiger partial charge in [-0.2, -0.15) is 11.8 Å². The number of Topliss-reactive ketones (excluding diaryl/α,β-unsaturated/α-hetero) is 1. The molecular weight excluding hydrogens is 182 g/mol. The number of thioether (sulfide) groups is 1. The Balaban J connectivity index is 2.44. The minimum atomic E-state index is 0.141. The van der Waals surface area contributed by atoms with Gasteiger partial charge in [-0.15, -0.1) is 0 Å². The molecule has 0 aliphatic heterocycles. The molecule has 0 aliphatic rings. The summed E-state index contributed by atoms with van der Waals surface area (Å²) >= 11 is 1.91. The van der Waals surface area contributed by atoms with Gasteiger partial charge in [0.1, 0.15) is 0 Å². The maximum absolute atomic E-state index is 11.0. The van der Waals surface area contributed by atoms with E-state index in [9.17, 15) is 4.79 Å². The Kier molecular flexibility index (Phi) is 4.09. The summed E-state index contributed by atoms with van der Waals surface area (Å²) in [5.74, 6) is 2.41. The monoisotopic (exact) mass is 197 g/mol. The lowest BCUT2D eigenvalue weighted by Gasteiger charge is -2.00. The van der Waals surface area contributed by atoms with Crippen LogP contribution in [0, 0.1) is 0 Å². The lowest BCUT2D eigenvalue weighted by Crippen LogP contribution is -1.97. The highest BCUT2D eigenvalue weighted by atomic mass is 32.2. The van der Waals surface area contributed by atoms with Crippen molar-refractivity contribution in [2.75, 3.05) is 11.5 Å². The van der Waals surface area contributed by atoms with Crippen LogP contribution in [0.15, 0.2) is 18.5 Å². The van der Waals surface area contributed by atoms with Gasteiger partial charge in [0.15, 0.2) is 5.78 Å². The SMILES string of the molecule is CCSCCn1ccc(C(C)=O)c1. The first-order valence-electron chi connectivity index (χ1n) is 4.48. The maximum atomic E-state index is 11.0. The zero-order valence-electron chi connectivity index (χ0n) is 8.12. The molecule has 0 saturated heterocycles. The third-order valence-electron chi connectivity index (χ3n) is 1.85. The Morgan fingerprint density at radius 1 is 1.62 bits per heavy atom. The van der Waals surface area contributed by atoms with Crippen molar-refractivity contribution in [2.24, 2.45) is 0 Å². The van der Waals surface area contributed by atoms with E-state index in [0.29, 0.717) is 0 Å². The number of aromatic nitrogens is 1. The minimum Gasteiger partial charge on any atom is -0.353 e. The Labute approximate surface area is 83.3 Å². The lowest BCUT2D eigenvalue weighted by atomic mass is 10.2. The average Bonchev–Trinajstić information content (AvgIpc) is 2.53. The third kappa shape index (κ3) is 3.27. The number of nitrogens with zero attached hydrogens (tertiary/aromatic N) is 1. The molecule has 0 N–H and O–H groups in total. The second-order valence-electron chi connectivity index (χ2n) is 2.89. The zero-order chi connectivity index (χ0) is 9.68. The molecule has 3 heteroatoms. The van der Waals surface area contributed by atoms with E-state index in [2.05, 4.69) is 11.5 Å². The summed E-state index contributed by atoms with van der Waals surface area (Å²) < 4.78 is 2.07. The van der Waals surface area contributed by atoms with Crippen LogP contribution in [-0.4, -0.2) is 21.9 Å². The Bertz CT molecular complexity index is 280. The summed E-state index contributed by atoms with van der Waals surface area (Å²) in [6, 6.07) is 1.87. The number of rotatable bonds is 5. The van der Waals surface area contributed by atoms with Crippen molar-refractivity contribution in [1.29, 1.82) is 0 Å². The molecule has 72 valence electrons. The first-order valence-corrected chi connectivity index (χ1v) is 5.64. The van der Waals surface area contributed by atoms with Crippen LogP contribution in [0.5, 0.6) is 0 Å². The zero-order valence-corrected chi connectivity index (χ0v) is 8.93. The van der Waals surface area contributed by atoms with Crippen LogP contribution in [0.1, 0.15) is 24.2 Å². The standard InChI is InChI=1S/C10H15NOS/c1-3-13-7-6-11-5-4-10(8-11)9(2)12/h4-5,8H,3,6-7H2,1-2H3. The van der Waals surface area contributed by atoms with E-state index in [0.717, 1.165) is 23.6 Å². The summed E-state index contributed by atoms with van der Waals surface area (Å²) in [6.45, 7) is 4.74. The van der Waals surface area contributed by atoms with Crippen LogP contribution < -0.4 is 0 Å². The normalized spacial score (nSPS) is 10.3. The van der Waals surface area contributed by atoms with Gasteiger partial charge in [-0.1, -0.05) is 6.92 Å². The molecule has 0 spiro atoms. The number of hydrogen-bond acceptors (Lipinski definition) is 2. The van der Waals surface area contributed by atoms with Crippen molar-refractivity contribution in [2.45, 2.75) is 20.4 Å². The van der Waals surface area contributed by atoms with Gasteiger partial charge in [-0.3, -0.25) is 4.79 Å². The first kappa shape index (κ1) is 10.4. The molecule has 13 heavy (non-hydrogen) atoms. The first-order chi connectivity index (χ1) is 6.24. The van der Waals surface area contributed by atoms with Gasteiger partial charge in [-0.05, 0) is 18.7 Å². The summed E-state index contributed by atoms with van der Waals surface area (Å²) in [5, 5.41) is 0. The van der Waals surface area contributed by atoms with E-state index in [1.165, 1.54) is 0 Å². The third-order valence-corrected chi connectivity index (χ3v) is 2.73. The van der Waals surface area contributed by atoms with E-state index in [-0.39, 0.29) is 5.78 Å². The molecule has 0 aliphatic carbocycles. The highest BCUT2D eigenvalue weighted by Gasteiger charge is 2.00. The fraction of sp³-hybridized carbons (Fsp3) is 0.500. The molecule has 1 heterocycles. The fourth-order valence-corrected chi connectivity index (χ4v) is 1.73. The van der Waals surface area contributed by atoms with Gasteiger partial charge in [0.05, 0.1) is 0 Å². The maximum Gasteiger partial charge on any atom is 0.161 e. The molecule has 0 aromatic carbocycles. The molecule has 0 saturated carbocycles. The Morgan fingerprint density at radius 3 is 2.92 bits per heavy atom. The van der Waals surface area contributed by atoms with Gasteiger partial charge in [0.2, 0.25) is 0 Å². The van der Waals surface area contributed by atoms with Crippen LogP contribution in [0.25, 0.3) is 0 Å². The van der Waals surface area contributed by atoms with E-state index < -0.39 is 0 Å². The minimum absolute atomic E-state index is 0.141. The van der Waals surface area contributed by atoms with Crippen molar-refractivity contribution < 1.29 is 4.79 Å². The van der Waals surface area contributed by atoms with Crippen molar-refractivity contribution in [1.82, 2.24) is 4.57 Å². The number of aryl methyl sites for hydroxylation is 1. The smallest absolute Gasteiger partial charge is 0.161 e. The van der Waals surface area contributed by atoms with Crippen molar-refractivity contribution in [3.05, 3.63) is 24.0 Å². The van der Waals surface area contributed by atoms with Gasteiger partial charge in [-0.25, -0.2) is 0 Å². The number of ketones is 1. The summed E-state index contributed by atoms with van der Waals surface area (Å²) in [5.41, 5.74) is 0.807. The van der Waals surface area contributed by atoms with Crippen LogP contribution >= 0.6 is 11.8 Å². The van der Waals surface area contributed by atoms with E-state index in [1.54, 1.807) is 6.92 Å². The number of carbonyl (C=O) groups excluding carboxylic acids is 1.